The van der Waals surface area contributed by atoms with Crippen LogP contribution >= 0.6 is 0 Å². The van der Waals surface area contributed by atoms with E-state index in [0.29, 0.717) is 44.1 Å². The van der Waals surface area contributed by atoms with Gasteiger partial charge in [0.1, 0.15) is 6.61 Å². The topological polar surface area (TPSA) is 96.2 Å². The van der Waals surface area contributed by atoms with Gasteiger partial charge in [0.15, 0.2) is 6.29 Å². The minimum Gasteiger partial charge on any atom is -0.458 e. The third kappa shape index (κ3) is 2.05. The number of carbonyl (C=O) groups is 1. The van der Waals surface area contributed by atoms with Gasteiger partial charge in [0.25, 0.3) is 0 Å². The number of cyclic esters (lactones) is 1. The zero-order valence-electron chi connectivity index (χ0n) is 17.1. The van der Waals surface area contributed by atoms with Gasteiger partial charge in [-0.05, 0) is 74.2 Å². The standard InChI is InChI=1S/C23H32O6/c1-20-6-5-17-22-7-4-14(24)11-21(22,27)8-9-23(17,29-19(22)26)16(20)3-2-15(20)13-10-18(25)28-12-13/h10,14-17,19,24,26-27H,2-9,11-12H2,1H3/t14-,15+,16+,17+,19+,20+,21+,22+,23+/m0/s1. The Morgan fingerprint density at radius 2 is 1.86 bits per heavy atom. The molecule has 2 heterocycles. The Balaban J connectivity index is 1.40. The highest BCUT2D eigenvalue weighted by atomic mass is 16.6. The molecule has 0 unspecified atom stereocenters. The molecular formula is C23H32O6. The van der Waals surface area contributed by atoms with Crippen molar-refractivity contribution in [1.82, 2.24) is 0 Å². The van der Waals surface area contributed by atoms with Gasteiger partial charge in [-0.1, -0.05) is 6.92 Å². The molecule has 0 aromatic heterocycles. The number of ether oxygens (including phenoxy) is 2. The van der Waals surface area contributed by atoms with Crippen molar-refractivity contribution in [2.24, 2.45) is 28.6 Å². The van der Waals surface area contributed by atoms with Gasteiger partial charge in [-0.2, -0.15) is 0 Å². The summed E-state index contributed by atoms with van der Waals surface area (Å²) in [5.74, 6) is 0.527. The molecule has 0 amide bonds. The molecule has 6 rings (SSSR count). The maximum Gasteiger partial charge on any atom is 0.331 e. The molecule has 1 spiro atoms. The molecule has 6 heteroatoms. The molecule has 2 bridgehead atoms. The van der Waals surface area contributed by atoms with Crippen LogP contribution in [-0.4, -0.2) is 51.5 Å². The molecule has 2 aliphatic heterocycles. The van der Waals surface area contributed by atoms with E-state index in [1.54, 1.807) is 6.08 Å². The molecular weight excluding hydrogens is 372 g/mol. The minimum atomic E-state index is -1.05. The first kappa shape index (κ1) is 18.8. The van der Waals surface area contributed by atoms with Crippen LogP contribution in [0.2, 0.25) is 0 Å². The molecule has 160 valence electrons. The van der Waals surface area contributed by atoms with Crippen LogP contribution in [0.4, 0.5) is 0 Å². The van der Waals surface area contributed by atoms with E-state index in [9.17, 15) is 20.1 Å². The van der Waals surface area contributed by atoms with E-state index in [1.807, 2.05) is 0 Å². The Bertz CT molecular complexity index is 794. The summed E-state index contributed by atoms with van der Waals surface area (Å²) < 4.78 is 11.8. The van der Waals surface area contributed by atoms with Crippen LogP contribution in [0, 0.1) is 28.6 Å². The van der Waals surface area contributed by atoms with Gasteiger partial charge in [-0.25, -0.2) is 4.79 Å². The first-order valence-corrected chi connectivity index (χ1v) is 11.4. The first-order chi connectivity index (χ1) is 13.8. The maximum atomic E-state index is 11.7. The van der Waals surface area contributed by atoms with E-state index in [1.165, 1.54) is 0 Å². The van der Waals surface area contributed by atoms with E-state index in [-0.39, 0.29) is 17.3 Å². The van der Waals surface area contributed by atoms with Crippen molar-refractivity contribution < 1.29 is 29.6 Å². The lowest BCUT2D eigenvalue weighted by Gasteiger charge is -2.63. The number of hydrogen-bond donors (Lipinski definition) is 3. The lowest BCUT2D eigenvalue weighted by Crippen LogP contribution is -2.67. The third-order valence-corrected chi connectivity index (χ3v) is 10.3. The predicted octanol–water partition coefficient (Wildman–Crippen LogP) is 2.06. The number of aliphatic hydroxyl groups excluding tert-OH is 2. The SMILES string of the molecule is C[C@]12CC[C@H]3[C@@]4(CC[C@@]5(O)C[C@@H](O)CC[C@]35[C@H](O)O4)[C@@H]1CC[C@@H]2C1=CC(=O)OC1. The van der Waals surface area contributed by atoms with Crippen molar-refractivity contribution in [1.29, 1.82) is 0 Å². The Morgan fingerprint density at radius 3 is 2.62 bits per heavy atom. The molecule has 1 saturated heterocycles. The van der Waals surface area contributed by atoms with Crippen LogP contribution in [0.1, 0.15) is 64.7 Å². The first-order valence-electron chi connectivity index (χ1n) is 11.4. The van der Waals surface area contributed by atoms with Crippen molar-refractivity contribution in [2.45, 2.75) is 88.3 Å². The number of aliphatic hydroxyl groups is 3. The van der Waals surface area contributed by atoms with E-state index < -0.39 is 29.0 Å². The summed E-state index contributed by atoms with van der Waals surface area (Å²) in [6.45, 7) is 2.75. The van der Waals surface area contributed by atoms with Gasteiger partial charge in [0.2, 0.25) is 0 Å². The summed E-state index contributed by atoms with van der Waals surface area (Å²) in [6, 6.07) is 0. The van der Waals surface area contributed by atoms with Crippen LogP contribution in [0.3, 0.4) is 0 Å². The molecule has 4 aliphatic carbocycles. The Labute approximate surface area is 171 Å². The van der Waals surface area contributed by atoms with E-state index >= 15 is 0 Å². The van der Waals surface area contributed by atoms with Crippen molar-refractivity contribution in [3.63, 3.8) is 0 Å². The molecule has 9 atom stereocenters. The minimum absolute atomic E-state index is 0.0190. The quantitative estimate of drug-likeness (QED) is 0.579. The van der Waals surface area contributed by atoms with Crippen molar-refractivity contribution in [2.75, 3.05) is 6.61 Å². The highest BCUT2D eigenvalue weighted by Crippen LogP contribution is 2.75. The van der Waals surface area contributed by atoms with Crippen molar-refractivity contribution in [3.05, 3.63) is 11.6 Å². The number of esters is 1. The molecule has 4 saturated carbocycles. The van der Waals surface area contributed by atoms with Gasteiger partial charge in [0.05, 0.1) is 22.7 Å². The van der Waals surface area contributed by atoms with Crippen LogP contribution in [0.5, 0.6) is 0 Å². The smallest absolute Gasteiger partial charge is 0.331 e. The molecule has 0 aromatic rings. The van der Waals surface area contributed by atoms with Gasteiger partial charge in [-0.15, -0.1) is 0 Å². The van der Waals surface area contributed by atoms with Crippen LogP contribution in [0.25, 0.3) is 0 Å². The Kier molecular flexibility index (Phi) is 3.65. The Morgan fingerprint density at radius 1 is 1.03 bits per heavy atom. The fourth-order valence-corrected chi connectivity index (χ4v) is 9.19. The Hall–Kier alpha value is -0.950. The molecule has 29 heavy (non-hydrogen) atoms. The summed E-state index contributed by atoms with van der Waals surface area (Å²) >= 11 is 0. The molecule has 0 aromatic carbocycles. The highest BCUT2D eigenvalue weighted by Gasteiger charge is 2.79. The zero-order valence-corrected chi connectivity index (χ0v) is 17.1. The average Bonchev–Trinajstić information content (AvgIpc) is 3.29. The van der Waals surface area contributed by atoms with Gasteiger partial charge in [-0.3, -0.25) is 0 Å². The highest BCUT2D eigenvalue weighted by molar-refractivity contribution is 5.85. The molecule has 3 N–H and O–H groups in total. The number of carbonyl (C=O) groups excluding carboxylic acids is 1. The maximum absolute atomic E-state index is 11.7. The zero-order chi connectivity index (χ0) is 20.2. The van der Waals surface area contributed by atoms with Crippen LogP contribution < -0.4 is 0 Å². The monoisotopic (exact) mass is 404 g/mol. The van der Waals surface area contributed by atoms with E-state index in [0.717, 1.165) is 37.7 Å². The van der Waals surface area contributed by atoms with Crippen molar-refractivity contribution in [3.8, 4) is 0 Å². The number of fused-ring (bicyclic) bond motifs is 1. The van der Waals surface area contributed by atoms with Gasteiger partial charge in [0, 0.05) is 18.4 Å². The second-order valence-electron chi connectivity index (χ2n) is 11.0. The van der Waals surface area contributed by atoms with E-state index in [2.05, 4.69) is 6.92 Å². The normalized spacial score (nSPS) is 58.3. The number of hydrogen-bond acceptors (Lipinski definition) is 6. The lowest BCUT2D eigenvalue weighted by molar-refractivity contribution is -0.231. The van der Waals surface area contributed by atoms with E-state index in [4.69, 9.17) is 9.47 Å². The summed E-state index contributed by atoms with van der Waals surface area (Å²) in [5.41, 5.74) is -0.967. The van der Waals surface area contributed by atoms with Crippen molar-refractivity contribution >= 4 is 5.97 Å². The largest absolute Gasteiger partial charge is 0.458 e. The molecule has 5 fully saturated rings. The molecule has 6 aliphatic rings. The molecule has 6 nitrogen and oxygen atoms in total. The lowest BCUT2D eigenvalue weighted by atomic mass is 9.42. The summed E-state index contributed by atoms with van der Waals surface area (Å²) in [7, 11) is 0. The third-order valence-electron chi connectivity index (χ3n) is 10.3. The second kappa shape index (κ2) is 5.64. The van der Waals surface area contributed by atoms with Crippen LogP contribution in [-0.2, 0) is 14.3 Å². The van der Waals surface area contributed by atoms with Gasteiger partial charge >= 0.3 is 5.97 Å². The molecule has 0 radical (unpaired) electrons. The fourth-order valence-electron chi connectivity index (χ4n) is 9.19. The second-order valence-corrected chi connectivity index (χ2v) is 11.0. The van der Waals surface area contributed by atoms with Crippen LogP contribution in [0.15, 0.2) is 11.6 Å². The predicted molar refractivity (Wildman–Crippen MR) is 102 cm³/mol. The summed E-state index contributed by atoms with van der Waals surface area (Å²) in [5, 5.41) is 33.1. The summed E-state index contributed by atoms with van der Waals surface area (Å²) in [4.78, 5) is 11.7. The summed E-state index contributed by atoms with van der Waals surface area (Å²) in [6.07, 6.45) is 7.10. The fraction of sp³-hybridized carbons (Fsp3) is 0.870. The average molecular weight is 405 g/mol. The number of rotatable bonds is 1. The van der Waals surface area contributed by atoms with Gasteiger partial charge < -0.3 is 24.8 Å².